The lowest BCUT2D eigenvalue weighted by molar-refractivity contribution is -0.138. The van der Waals surface area contributed by atoms with Gasteiger partial charge in [-0.1, -0.05) is 5.21 Å². The van der Waals surface area contributed by atoms with Gasteiger partial charge in [-0.3, -0.25) is 14.5 Å². The Morgan fingerprint density at radius 3 is 2.67 bits per heavy atom. The number of hydrogen-bond donors (Lipinski definition) is 0. The summed E-state index contributed by atoms with van der Waals surface area (Å²) in [4.78, 5) is 24.4. The van der Waals surface area contributed by atoms with Crippen molar-refractivity contribution >= 4 is 38.8 Å². The lowest BCUT2D eigenvalue weighted by Crippen LogP contribution is -2.33. The first-order chi connectivity index (χ1) is 11.6. The number of ether oxygens (including phenoxy) is 1. The van der Waals surface area contributed by atoms with E-state index in [1.807, 2.05) is 16.8 Å². The van der Waals surface area contributed by atoms with Crippen LogP contribution in [0.2, 0.25) is 0 Å². The van der Waals surface area contributed by atoms with E-state index >= 15 is 0 Å². The van der Waals surface area contributed by atoms with Gasteiger partial charge in [0.2, 0.25) is 11.8 Å². The van der Waals surface area contributed by atoms with Crippen molar-refractivity contribution in [2.45, 2.75) is 32.2 Å². The summed E-state index contributed by atoms with van der Waals surface area (Å²) in [6.07, 6.45) is 3.13. The van der Waals surface area contributed by atoms with Gasteiger partial charge < -0.3 is 4.74 Å². The lowest BCUT2D eigenvalue weighted by atomic mass is 10.3. The van der Waals surface area contributed by atoms with E-state index in [1.165, 1.54) is 17.7 Å². The molecule has 0 N–H and O–H groups in total. The number of carbonyl (C=O) groups excluding carboxylic acids is 2. The highest BCUT2D eigenvalue weighted by Gasteiger charge is 2.28. The van der Waals surface area contributed by atoms with E-state index in [4.69, 9.17) is 4.74 Å². The molecule has 0 spiro atoms. The summed E-state index contributed by atoms with van der Waals surface area (Å²) in [7, 11) is 0. The van der Waals surface area contributed by atoms with Crippen molar-refractivity contribution in [2.24, 2.45) is 5.92 Å². The number of amides is 2. The topological polar surface area (TPSA) is 77.3 Å². The summed E-state index contributed by atoms with van der Waals surface area (Å²) in [5.41, 5.74) is 1.74. The van der Waals surface area contributed by atoms with Gasteiger partial charge >= 0.3 is 0 Å². The number of likely N-dealkylation sites (tertiary alicyclic amines) is 1. The number of hydrogen-bond acceptors (Lipinski definition) is 5. The highest BCUT2D eigenvalue weighted by molar-refractivity contribution is 9.10. The van der Waals surface area contributed by atoms with Gasteiger partial charge in [0.05, 0.1) is 16.5 Å². The van der Waals surface area contributed by atoms with Gasteiger partial charge in [-0.25, -0.2) is 4.68 Å². The lowest BCUT2D eigenvalue weighted by Gasteiger charge is -2.15. The molecule has 8 heteroatoms. The zero-order valence-electron chi connectivity index (χ0n) is 13.1. The number of rotatable bonds is 6. The largest absolute Gasteiger partial charge is 0.490 e. The summed E-state index contributed by atoms with van der Waals surface area (Å²) in [6.45, 7) is 1.44. The maximum Gasteiger partial charge on any atom is 0.229 e. The van der Waals surface area contributed by atoms with Gasteiger partial charge in [0, 0.05) is 19.4 Å². The number of benzene rings is 1. The van der Waals surface area contributed by atoms with E-state index in [2.05, 4.69) is 26.2 Å². The summed E-state index contributed by atoms with van der Waals surface area (Å²) in [6, 6.07) is 3.82. The van der Waals surface area contributed by atoms with Gasteiger partial charge in [-0.15, -0.1) is 5.10 Å². The summed E-state index contributed by atoms with van der Waals surface area (Å²) >= 11 is 3.53. The first-order valence-electron chi connectivity index (χ1n) is 8.11. The van der Waals surface area contributed by atoms with Crippen molar-refractivity contribution in [3.8, 4) is 5.75 Å². The van der Waals surface area contributed by atoms with Crippen molar-refractivity contribution in [2.75, 3.05) is 13.2 Å². The van der Waals surface area contributed by atoms with Crippen LogP contribution in [0.5, 0.6) is 5.75 Å². The Labute approximate surface area is 147 Å². The second-order valence-electron chi connectivity index (χ2n) is 6.25. The van der Waals surface area contributed by atoms with Crippen molar-refractivity contribution < 1.29 is 14.3 Å². The molecule has 1 aromatic heterocycles. The molecule has 7 nitrogen and oxygen atoms in total. The monoisotopic (exact) mass is 392 g/mol. The number of aromatic nitrogens is 3. The number of imide groups is 1. The second kappa shape index (κ2) is 6.16. The number of nitrogens with zero attached hydrogens (tertiary/aromatic N) is 4. The molecule has 0 atom stereocenters. The first kappa shape index (κ1) is 15.6. The fourth-order valence-corrected chi connectivity index (χ4v) is 3.43. The molecule has 1 saturated heterocycles. The summed E-state index contributed by atoms with van der Waals surface area (Å²) < 4.78 is 8.42. The SMILES string of the molecule is O=C1CCC(=O)N1CCOc1ccc2c(nnn2CC2CC2)c1Br. The van der Waals surface area contributed by atoms with Crippen molar-refractivity contribution in [3.63, 3.8) is 0 Å². The molecule has 2 aliphatic rings. The van der Waals surface area contributed by atoms with Crippen LogP contribution in [0.3, 0.4) is 0 Å². The standard InChI is InChI=1S/C16H17BrN4O3/c17-15-12(24-8-7-20-13(22)5-6-14(20)23)4-3-11-16(15)18-19-21(11)9-10-1-2-10/h3-4,10H,1-2,5-9H2. The molecule has 1 aliphatic heterocycles. The van der Waals surface area contributed by atoms with Crippen molar-refractivity contribution in [1.29, 1.82) is 0 Å². The molecule has 0 radical (unpaired) electrons. The maximum atomic E-state index is 11.6. The van der Waals surface area contributed by atoms with Gasteiger partial charge in [0.1, 0.15) is 17.9 Å². The Morgan fingerprint density at radius 2 is 1.96 bits per heavy atom. The van der Waals surface area contributed by atoms with Crippen LogP contribution in [-0.4, -0.2) is 44.9 Å². The zero-order chi connectivity index (χ0) is 16.7. The quantitative estimate of drug-likeness (QED) is 0.703. The van der Waals surface area contributed by atoms with Crippen LogP contribution in [0.25, 0.3) is 11.0 Å². The molecule has 1 saturated carbocycles. The highest BCUT2D eigenvalue weighted by Crippen LogP contribution is 2.34. The molecule has 4 rings (SSSR count). The first-order valence-corrected chi connectivity index (χ1v) is 8.90. The molecular weight excluding hydrogens is 376 g/mol. The average Bonchev–Trinajstić information content (AvgIpc) is 3.21. The molecule has 24 heavy (non-hydrogen) atoms. The van der Waals surface area contributed by atoms with Crippen LogP contribution < -0.4 is 4.74 Å². The molecular formula is C16H17BrN4O3. The Balaban J connectivity index is 1.45. The second-order valence-corrected chi connectivity index (χ2v) is 7.04. The molecule has 1 aliphatic carbocycles. The Morgan fingerprint density at radius 1 is 1.21 bits per heavy atom. The molecule has 2 amide bonds. The highest BCUT2D eigenvalue weighted by atomic mass is 79.9. The van der Waals surface area contributed by atoms with Gasteiger partial charge in [0.25, 0.3) is 0 Å². The third kappa shape index (κ3) is 2.90. The molecule has 0 unspecified atom stereocenters. The Hall–Kier alpha value is -1.96. The van der Waals surface area contributed by atoms with Crippen LogP contribution in [0.4, 0.5) is 0 Å². The fraction of sp³-hybridized carbons (Fsp3) is 0.500. The van der Waals surface area contributed by atoms with Crippen molar-refractivity contribution in [3.05, 3.63) is 16.6 Å². The van der Waals surface area contributed by atoms with Gasteiger partial charge in [-0.05, 0) is 46.8 Å². The van der Waals surface area contributed by atoms with Gasteiger partial charge in [0.15, 0.2) is 0 Å². The molecule has 2 heterocycles. The van der Waals surface area contributed by atoms with Crippen LogP contribution >= 0.6 is 15.9 Å². The third-order valence-corrected chi connectivity index (χ3v) is 5.21. The van der Waals surface area contributed by atoms with Gasteiger partial charge in [-0.2, -0.15) is 0 Å². The van der Waals surface area contributed by atoms with Crippen molar-refractivity contribution in [1.82, 2.24) is 19.9 Å². The van der Waals surface area contributed by atoms with E-state index in [9.17, 15) is 9.59 Å². The Bertz CT molecular complexity index is 799. The molecule has 2 aromatic rings. The van der Waals surface area contributed by atoms with E-state index < -0.39 is 0 Å². The summed E-state index contributed by atoms with van der Waals surface area (Å²) in [5, 5.41) is 8.46. The fourth-order valence-electron chi connectivity index (χ4n) is 2.90. The average molecular weight is 393 g/mol. The van der Waals surface area contributed by atoms with E-state index in [-0.39, 0.29) is 25.0 Å². The molecule has 126 valence electrons. The van der Waals surface area contributed by atoms with Crippen LogP contribution in [0.1, 0.15) is 25.7 Å². The molecule has 2 fully saturated rings. The molecule has 0 bridgehead atoms. The predicted octanol–water partition coefficient (Wildman–Crippen LogP) is 2.13. The Kier molecular flexibility index (Phi) is 3.99. The minimum Gasteiger partial charge on any atom is -0.490 e. The molecule has 1 aromatic carbocycles. The minimum atomic E-state index is -0.124. The number of halogens is 1. The zero-order valence-corrected chi connectivity index (χ0v) is 14.7. The van der Waals surface area contributed by atoms with E-state index in [0.29, 0.717) is 18.6 Å². The number of carbonyl (C=O) groups is 2. The van der Waals surface area contributed by atoms with E-state index in [1.54, 1.807) is 0 Å². The summed E-state index contributed by atoms with van der Waals surface area (Å²) in [5.74, 6) is 1.11. The van der Waals surface area contributed by atoms with Crippen LogP contribution in [-0.2, 0) is 16.1 Å². The van der Waals surface area contributed by atoms with Crippen LogP contribution in [0, 0.1) is 5.92 Å². The maximum absolute atomic E-state index is 11.6. The third-order valence-electron chi connectivity index (χ3n) is 4.45. The predicted molar refractivity (Wildman–Crippen MR) is 89.4 cm³/mol. The normalized spacial score (nSPS) is 18.0. The van der Waals surface area contributed by atoms with E-state index in [0.717, 1.165) is 28.0 Å². The van der Waals surface area contributed by atoms with Crippen LogP contribution in [0.15, 0.2) is 16.6 Å². The number of fused-ring (bicyclic) bond motifs is 1. The smallest absolute Gasteiger partial charge is 0.229 e. The minimum absolute atomic E-state index is 0.124.